The maximum absolute atomic E-state index is 11.0. The number of nitrogens with zero attached hydrogens (tertiary/aromatic N) is 1. The van der Waals surface area contributed by atoms with Crippen LogP contribution in [0.15, 0.2) is 29.2 Å². The summed E-state index contributed by atoms with van der Waals surface area (Å²) in [5.74, 6) is 0.708. The topological polar surface area (TPSA) is 69.2 Å². The zero-order chi connectivity index (χ0) is 13.8. The molecule has 3 atom stereocenters. The largest absolute Gasteiger partial charge is 0.327 e. The molecule has 2 N–H and O–H groups in total. The van der Waals surface area contributed by atoms with Crippen molar-refractivity contribution in [2.24, 2.45) is 11.7 Å². The van der Waals surface area contributed by atoms with Crippen molar-refractivity contribution in [3.63, 3.8) is 0 Å². The van der Waals surface area contributed by atoms with Crippen molar-refractivity contribution in [1.82, 2.24) is 0 Å². The van der Waals surface area contributed by atoms with E-state index in [4.69, 9.17) is 5.73 Å². The molecule has 0 radical (unpaired) electrons. The van der Waals surface area contributed by atoms with Gasteiger partial charge in [0.25, 0.3) is 5.69 Å². The molecule has 1 fully saturated rings. The lowest BCUT2D eigenvalue weighted by atomic mass is 9.84. The van der Waals surface area contributed by atoms with E-state index in [0.717, 1.165) is 17.7 Å². The maximum atomic E-state index is 11.0. The molecule has 1 aliphatic rings. The molecule has 3 unspecified atom stereocenters. The monoisotopic (exact) mass is 280 g/mol. The molecule has 5 heteroatoms. The molecule has 1 aliphatic carbocycles. The van der Waals surface area contributed by atoms with Crippen molar-refractivity contribution in [1.29, 1.82) is 0 Å². The predicted octanol–water partition coefficient (Wildman–Crippen LogP) is 3.59. The van der Waals surface area contributed by atoms with Gasteiger partial charge in [-0.05, 0) is 31.2 Å². The first-order valence-corrected chi connectivity index (χ1v) is 7.65. The fourth-order valence-corrected chi connectivity index (χ4v) is 4.04. The van der Waals surface area contributed by atoms with E-state index in [0.29, 0.717) is 11.2 Å². The Hall–Kier alpha value is -1.07. The Balaban J connectivity index is 2.13. The predicted molar refractivity (Wildman–Crippen MR) is 78.3 cm³/mol. The van der Waals surface area contributed by atoms with Gasteiger partial charge in [-0.3, -0.25) is 10.1 Å². The summed E-state index contributed by atoms with van der Waals surface area (Å²) in [5, 5.41) is 11.3. The summed E-state index contributed by atoms with van der Waals surface area (Å²) < 4.78 is 0. The highest BCUT2D eigenvalue weighted by Crippen LogP contribution is 2.39. The zero-order valence-electron chi connectivity index (χ0n) is 11.1. The molecule has 0 saturated heterocycles. The van der Waals surface area contributed by atoms with Crippen LogP contribution in [-0.4, -0.2) is 16.2 Å². The van der Waals surface area contributed by atoms with E-state index >= 15 is 0 Å². The van der Waals surface area contributed by atoms with Gasteiger partial charge in [0.1, 0.15) is 0 Å². The highest BCUT2D eigenvalue weighted by molar-refractivity contribution is 8.00. The second-order valence-corrected chi connectivity index (χ2v) is 6.41. The molecular weight excluding hydrogens is 260 g/mol. The van der Waals surface area contributed by atoms with Crippen LogP contribution < -0.4 is 5.73 Å². The van der Waals surface area contributed by atoms with E-state index in [1.165, 1.54) is 12.8 Å². The van der Waals surface area contributed by atoms with Gasteiger partial charge >= 0.3 is 0 Å². The van der Waals surface area contributed by atoms with Gasteiger partial charge in [0, 0.05) is 17.4 Å². The highest BCUT2D eigenvalue weighted by atomic mass is 32.2. The van der Waals surface area contributed by atoms with Gasteiger partial charge < -0.3 is 5.73 Å². The number of hydrogen-bond acceptors (Lipinski definition) is 4. The molecule has 0 amide bonds. The van der Waals surface area contributed by atoms with Gasteiger partial charge in [0.05, 0.1) is 9.82 Å². The average molecular weight is 280 g/mol. The summed E-state index contributed by atoms with van der Waals surface area (Å²) in [6.07, 6.45) is 4.44. The normalized spacial score (nSPS) is 27.2. The molecule has 0 aromatic heterocycles. The van der Waals surface area contributed by atoms with E-state index in [2.05, 4.69) is 6.92 Å². The quantitative estimate of drug-likeness (QED) is 0.676. The first kappa shape index (κ1) is 14.3. The summed E-state index contributed by atoms with van der Waals surface area (Å²) >= 11 is 1.58. The van der Waals surface area contributed by atoms with Crippen molar-refractivity contribution in [3.8, 4) is 0 Å². The van der Waals surface area contributed by atoms with Crippen LogP contribution in [0.3, 0.4) is 0 Å². The Bertz CT molecular complexity index is 453. The van der Waals surface area contributed by atoms with E-state index in [1.807, 2.05) is 12.1 Å². The van der Waals surface area contributed by atoms with E-state index < -0.39 is 0 Å². The summed E-state index contributed by atoms with van der Waals surface area (Å²) in [4.78, 5) is 11.5. The van der Waals surface area contributed by atoms with Crippen molar-refractivity contribution in [3.05, 3.63) is 34.4 Å². The lowest BCUT2D eigenvalue weighted by Crippen LogP contribution is -2.38. The molecule has 0 aliphatic heterocycles. The molecule has 1 aromatic rings. The smallest absolute Gasteiger partial charge is 0.282 e. The summed E-state index contributed by atoms with van der Waals surface area (Å²) in [5.41, 5.74) is 6.37. The van der Waals surface area contributed by atoms with Crippen molar-refractivity contribution < 1.29 is 4.92 Å². The number of benzene rings is 1. The summed E-state index contributed by atoms with van der Waals surface area (Å²) in [6.45, 7) is 2.20. The Labute approximate surface area is 117 Å². The van der Waals surface area contributed by atoms with Crippen LogP contribution >= 0.6 is 11.8 Å². The molecule has 19 heavy (non-hydrogen) atoms. The van der Waals surface area contributed by atoms with Crippen LogP contribution in [-0.2, 0) is 0 Å². The van der Waals surface area contributed by atoms with Crippen molar-refractivity contribution >= 4 is 17.4 Å². The van der Waals surface area contributed by atoms with E-state index in [9.17, 15) is 10.1 Å². The minimum Gasteiger partial charge on any atom is -0.327 e. The number of thioether (sulfide) groups is 1. The zero-order valence-corrected chi connectivity index (χ0v) is 11.9. The molecule has 0 bridgehead atoms. The molecule has 4 nitrogen and oxygen atoms in total. The van der Waals surface area contributed by atoms with Gasteiger partial charge in [-0.1, -0.05) is 25.5 Å². The van der Waals surface area contributed by atoms with E-state index in [-0.39, 0.29) is 16.7 Å². The third-order valence-corrected chi connectivity index (χ3v) is 5.31. The molecule has 0 heterocycles. The van der Waals surface area contributed by atoms with Crippen LogP contribution in [0.2, 0.25) is 0 Å². The lowest BCUT2D eigenvalue weighted by Gasteiger charge is -2.33. The van der Waals surface area contributed by atoms with Crippen LogP contribution in [0.4, 0.5) is 5.69 Å². The van der Waals surface area contributed by atoms with E-state index in [1.54, 1.807) is 23.9 Å². The average Bonchev–Trinajstić information content (AvgIpc) is 2.41. The molecule has 104 valence electrons. The Morgan fingerprint density at radius 1 is 1.42 bits per heavy atom. The molecule has 2 rings (SSSR count). The van der Waals surface area contributed by atoms with Gasteiger partial charge in [0.2, 0.25) is 0 Å². The van der Waals surface area contributed by atoms with Gasteiger partial charge in [-0.2, -0.15) is 0 Å². The first-order chi connectivity index (χ1) is 9.11. The fourth-order valence-electron chi connectivity index (χ4n) is 2.61. The van der Waals surface area contributed by atoms with Gasteiger partial charge in [-0.25, -0.2) is 0 Å². The number of hydrogen-bond donors (Lipinski definition) is 1. The SMILES string of the molecule is CCC1CCC(N)C(Sc2ccccc2[N+](=O)[O-])C1. The van der Waals surface area contributed by atoms with Crippen LogP contribution in [0.5, 0.6) is 0 Å². The van der Waals surface area contributed by atoms with Gasteiger partial charge in [-0.15, -0.1) is 11.8 Å². The number of para-hydroxylation sites is 1. The minimum atomic E-state index is -0.312. The summed E-state index contributed by atoms with van der Waals surface area (Å²) in [6, 6.07) is 7.09. The Morgan fingerprint density at radius 3 is 2.84 bits per heavy atom. The van der Waals surface area contributed by atoms with Crippen LogP contribution in [0, 0.1) is 16.0 Å². The first-order valence-electron chi connectivity index (χ1n) is 6.77. The third-order valence-electron chi connectivity index (χ3n) is 3.87. The second-order valence-electron chi connectivity index (χ2n) is 5.13. The molecule has 1 aromatic carbocycles. The fraction of sp³-hybridized carbons (Fsp3) is 0.571. The van der Waals surface area contributed by atoms with Gasteiger partial charge in [0.15, 0.2) is 0 Å². The minimum absolute atomic E-state index is 0.146. The third kappa shape index (κ3) is 3.48. The van der Waals surface area contributed by atoms with Crippen LogP contribution in [0.25, 0.3) is 0 Å². The number of rotatable bonds is 4. The van der Waals surface area contributed by atoms with Crippen LogP contribution in [0.1, 0.15) is 32.6 Å². The number of nitro benzene ring substituents is 1. The molecule has 1 saturated carbocycles. The molecular formula is C14H20N2O2S. The maximum Gasteiger partial charge on any atom is 0.282 e. The van der Waals surface area contributed by atoms with Crippen molar-refractivity contribution in [2.45, 2.75) is 48.8 Å². The van der Waals surface area contributed by atoms with Crippen molar-refractivity contribution in [2.75, 3.05) is 0 Å². The Morgan fingerprint density at radius 2 is 2.16 bits per heavy atom. The lowest BCUT2D eigenvalue weighted by molar-refractivity contribution is -0.387. The number of nitrogens with two attached hydrogens (primary N) is 1. The Kier molecular flexibility index (Phi) is 4.82. The summed E-state index contributed by atoms with van der Waals surface area (Å²) in [7, 11) is 0. The standard InChI is InChI=1S/C14H20N2O2S/c1-2-10-7-8-11(15)14(9-10)19-13-6-4-3-5-12(13)16(17)18/h3-6,10-11,14H,2,7-9,15H2,1H3. The number of nitro groups is 1. The highest BCUT2D eigenvalue weighted by Gasteiger charge is 2.29. The second kappa shape index (κ2) is 6.39. The molecule has 0 spiro atoms.